The van der Waals surface area contributed by atoms with Crippen molar-refractivity contribution in [3.8, 4) is 5.88 Å². The average Bonchev–Trinajstić information content (AvgIpc) is 3.39. The van der Waals surface area contributed by atoms with Gasteiger partial charge in [-0.05, 0) is 23.5 Å². The lowest BCUT2D eigenvalue weighted by Gasteiger charge is -2.22. The van der Waals surface area contributed by atoms with E-state index in [1.54, 1.807) is 6.33 Å². The molecule has 2 heterocycles. The SMILES string of the molecule is C[C@H]1CC(n2cnc3c(OCc4ccccc4)nc(N)nc32)[C@@H](O)[C@@H]1COCc1ccccc1. The Balaban J connectivity index is 1.32. The first kappa shape index (κ1) is 22.3. The van der Waals surface area contributed by atoms with Crippen LogP contribution in [0.5, 0.6) is 5.88 Å². The monoisotopic (exact) mass is 459 g/mol. The van der Waals surface area contributed by atoms with Crippen LogP contribution in [0.2, 0.25) is 0 Å². The molecule has 1 saturated carbocycles. The summed E-state index contributed by atoms with van der Waals surface area (Å²) >= 11 is 0. The highest BCUT2D eigenvalue weighted by Gasteiger charge is 2.42. The zero-order chi connectivity index (χ0) is 23.5. The number of anilines is 1. The number of hydrogen-bond acceptors (Lipinski definition) is 7. The highest BCUT2D eigenvalue weighted by atomic mass is 16.5. The second-order valence-corrected chi connectivity index (χ2v) is 8.92. The number of imidazole rings is 1. The number of ether oxygens (including phenoxy) is 2. The summed E-state index contributed by atoms with van der Waals surface area (Å²) in [6.45, 7) is 3.52. The van der Waals surface area contributed by atoms with Crippen LogP contribution in [-0.2, 0) is 18.0 Å². The van der Waals surface area contributed by atoms with Crippen molar-refractivity contribution >= 4 is 17.1 Å². The molecule has 0 bridgehead atoms. The van der Waals surface area contributed by atoms with Crippen LogP contribution >= 0.6 is 0 Å². The highest BCUT2D eigenvalue weighted by Crippen LogP contribution is 2.41. The zero-order valence-electron chi connectivity index (χ0n) is 19.1. The van der Waals surface area contributed by atoms with E-state index in [4.69, 9.17) is 15.2 Å². The van der Waals surface area contributed by atoms with E-state index in [9.17, 15) is 5.11 Å². The summed E-state index contributed by atoms with van der Waals surface area (Å²) < 4.78 is 13.8. The fraction of sp³-hybridized carbons (Fsp3) is 0.346. The van der Waals surface area contributed by atoms with Gasteiger partial charge in [0.1, 0.15) is 6.61 Å². The molecule has 0 saturated heterocycles. The Morgan fingerprint density at radius 3 is 2.38 bits per heavy atom. The molecule has 1 aliphatic carbocycles. The molecular weight excluding hydrogens is 430 g/mol. The number of aliphatic hydroxyl groups is 1. The Hall–Kier alpha value is -3.49. The summed E-state index contributed by atoms with van der Waals surface area (Å²) in [5, 5.41) is 11.2. The van der Waals surface area contributed by atoms with Crippen molar-refractivity contribution in [1.82, 2.24) is 19.5 Å². The number of nitrogen functional groups attached to an aromatic ring is 1. The van der Waals surface area contributed by atoms with Crippen LogP contribution in [-0.4, -0.2) is 37.3 Å². The quantitative estimate of drug-likeness (QED) is 0.413. The van der Waals surface area contributed by atoms with Crippen LogP contribution in [0.1, 0.15) is 30.5 Å². The molecule has 2 aromatic carbocycles. The van der Waals surface area contributed by atoms with Gasteiger partial charge in [0, 0.05) is 5.92 Å². The van der Waals surface area contributed by atoms with E-state index in [2.05, 4.69) is 21.9 Å². The van der Waals surface area contributed by atoms with Crippen LogP contribution in [0.25, 0.3) is 11.2 Å². The zero-order valence-corrected chi connectivity index (χ0v) is 19.1. The molecule has 5 rings (SSSR count). The Kier molecular flexibility index (Phi) is 6.42. The third kappa shape index (κ3) is 4.60. The maximum atomic E-state index is 11.2. The van der Waals surface area contributed by atoms with E-state index in [-0.39, 0.29) is 23.8 Å². The summed E-state index contributed by atoms with van der Waals surface area (Å²) in [5.41, 5.74) is 9.25. The van der Waals surface area contributed by atoms with Gasteiger partial charge in [0.2, 0.25) is 11.8 Å². The topological polar surface area (TPSA) is 108 Å². The number of nitrogens with two attached hydrogens (primary N) is 1. The molecule has 176 valence electrons. The normalized spacial score (nSPS) is 22.3. The third-order valence-corrected chi connectivity index (χ3v) is 6.58. The fourth-order valence-corrected chi connectivity index (χ4v) is 4.72. The first-order chi connectivity index (χ1) is 16.6. The van der Waals surface area contributed by atoms with Gasteiger partial charge < -0.3 is 24.9 Å². The molecule has 1 aliphatic rings. The lowest BCUT2D eigenvalue weighted by Crippen LogP contribution is -2.28. The Morgan fingerprint density at radius 1 is 1.00 bits per heavy atom. The maximum absolute atomic E-state index is 11.2. The number of aliphatic hydroxyl groups excluding tert-OH is 1. The first-order valence-corrected chi connectivity index (χ1v) is 11.6. The standard InChI is InChI=1S/C26H29N5O3/c1-17-12-21(23(32)20(17)15-33-13-18-8-4-2-5-9-18)31-16-28-22-24(31)29-26(27)30-25(22)34-14-19-10-6-3-7-11-19/h2-11,16-17,20-21,23,32H,12-15H2,1H3,(H2,27,29,30)/t17-,20+,21?,23-/m0/s1. The second-order valence-electron chi connectivity index (χ2n) is 8.92. The number of hydrogen-bond donors (Lipinski definition) is 2. The molecule has 0 aliphatic heterocycles. The maximum Gasteiger partial charge on any atom is 0.247 e. The molecule has 8 heteroatoms. The summed E-state index contributed by atoms with van der Waals surface area (Å²) in [7, 11) is 0. The lowest BCUT2D eigenvalue weighted by atomic mass is 9.98. The van der Waals surface area contributed by atoms with Crippen LogP contribution in [0, 0.1) is 11.8 Å². The number of aromatic nitrogens is 4. The van der Waals surface area contributed by atoms with Gasteiger partial charge in [-0.1, -0.05) is 67.6 Å². The van der Waals surface area contributed by atoms with Gasteiger partial charge in [0.05, 0.1) is 31.7 Å². The molecule has 2 aromatic heterocycles. The predicted molar refractivity (Wildman–Crippen MR) is 129 cm³/mol. The molecule has 0 spiro atoms. The number of fused-ring (bicyclic) bond motifs is 1. The molecule has 0 amide bonds. The minimum absolute atomic E-state index is 0.0131. The van der Waals surface area contributed by atoms with Crippen LogP contribution in [0.4, 0.5) is 5.95 Å². The summed E-state index contributed by atoms with van der Waals surface area (Å²) in [6.07, 6.45) is 1.89. The van der Waals surface area contributed by atoms with Crippen molar-refractivity contribution in [3.05, 3.63) is 78.1 Å². The molecule has 3 N–H and O–H groups in total. The largest absolute Gasteiger partial charge is 0.471 e. The van der Waals surface area contributed by atoms with Gasteiger partial charge >= 0.3 is 0 Å². The summed E-state index contributed by atoms with van der Waals surface area (Å²) in [5.74, 6) is 0.745. The van der Waals surface area contributed by atoms with Crippen LogP contribution in [0.15, 0.2) is 67.0 Å². The van der Waals surface area contributed by atoms with Gasteiger partial charge in [0.15, 0.2) is 11.2 Å². The van der Waals surface area contributed by atoms with Crippen molar-refractivity contribution in [2.24, 2.45) is 11.8 Å². The molecule has 4 aromatic rings. The van der Waals surface area contributed by atoms with Crippen molar-refractivity contribution < 1.29 is 14.6 Å². The molecule has 4 atom stereocenters. The Labute approximate surface area is 198 Å². The second kappa shape index (κ2) is 9.79. The smallest absolute Gasteiger partial charge is 0.247 e. The third-order valence-electron chi connectivity index (χ3n) is 6.58. The van der Waals surface area contributed by atoms with Crippen molar-refractivity contribution in [1.29, 1.82) is 0 Å². The average molecular weight is 460 g/mol. The van der Waals surface area contributed by atoms with Gasteiger partial charge in [-0.25, -0.2) is 4.98 Å². The molecule has 1 unspecified atom stereocenters. The molecular formula is C26H29N5O3. The van der Waals surface area contributed by atoms with E-state index in [0.29, 0.717) is 36.9 Å². The van der Waals surface area contributed by atoms with E-state index < -0.39 is 6.10 Å². The molecule has 1 fully saturated rings. The molecule has 34 heavy (non-hydrogen) atoms. The van der Waals surface area contributed by atoms with E-state index in [1.807, 2.05) is 65.2 Å². The predicted octanol–water partition coefficient (Wildman–Crippen LogP) is 3.76. The van der Waals surface area contributed by atoms with Crippen molar-refractivity contribution in [3.63, 3.8) is 0 Å². The van der Waals surface area contributed by atoms with Crippen LogP contribution < -0.4 is 10.5 Å². The van der Waals surface area contributed by atoms with Crippen molar-refractivity contribution in [2.75, 3.05) is 12.3 Å². The first-order valence-electron chi connectivity index (χ1n) is 11.6. The van der Waals surface area contributed by atoms with Gasteiger partial charge in [-0.3, -0.25) is 0 Å². The van der Waals surface area contributed by atoms with Crippen molar-refractivity contribution in [2.45, 2.75) is 38.7 Å². The summed E-state index contributed by atoms with van der Waals surface area (Å²) in [6, 6.07) is 19.7. The van der Waals surface area contributed by atoms with Crippen LogP contribution in [0.3, 0.4) is 0 Å². The van der Waals surface area contributed by atoms with Gasteiger partial charge in [-0.2, -0.15) is 9.97 Å². The number of rotatable bonds is 8. The Morgan fingerprint density at radius 2 is 1.68 bits per heavy atom. The Bertz CT molecular complexity index is 1230. The minimum atomic E-state index is -0.590. The number of nitrogens with zero attached hydrogens (tertiary/aromatic N) is 4. The van der Waals surface area contributed by atoms with E-state index in [1.165, 1.54) is 0 Å². The highest BCUT2D eigenvalue weighted by molar-refractivity contribution is 5.77. The lowest BCUT2D eigenvalue weighted by molar-refractivity contribution is 0.0135. The fourth-order valence-electron chi connectivity index (χ4n) is 4.72. The van der Waals surface area contributed by atoms with Gasteiger partial charge in [-0.15, -0.1) is 0 Å². The molecule has 0 radical (unpaired) electrons. The number of benzene rings is 2. The van der Waals surface area contributed by atoms with Gasteiger partial charge in [0.25, 0.3) is 0 Å². The van der Waals surface area contributed by atoms with E-state index >= 15 is 0 Å². The molecule has 8 nitrogen and oxygen atoms in total. The summed E-state index contributed by atoms with van der Waals surface area (Å²) in [4.78, 5) is 13.2. The van der Waals surface area contributed by atoms with E-state index in [0.717, 1.165) is 17.5 Å². The minimum Gasteiger partial charge on any atom is -0.471 e.